The Morgan fingerprint density at radius 3 is 2.66 bits per heavy atom. The lowest BCUT2D eigenvalue weighted by atomic mass is 10.1. The fourth-order valence-electron chi connectivity index (χ4n) is 2.70. The quantitative estimate of drug-likeness (QED) is 0.503. The molecule has 6 nitrogen and oxygen atoms in total. The van der Waals surface area contributed by atoms with E-state index in [1.165, 1.54) is 18.9 Å². The molecular weight excluding hydrogens is 410 g/mol. The van der Waals surface area contributed by atoms with Gasteiger partial charge in [0.15, 0.2) is 11.5 Å². The van der Waals surface area contributed by atoms with Crippen LogP contribution < -0.4 is 9.47 Å². The second kappa shape index (κ2) is 9.58. The first kappa shape index (κ1) is 20.9. The molecule has 0 spiro atoms. The van der Waals surface area contributed by atoms with Gasteiger partial charge in [-0.3, -0.25) is 14.5 Å². The molecule has 1 N–H and O–H groups in total. The summed E-state index contributed by atoms with van der Waals surface area (Å²) in [6.07, 6.45) is 1.66. The van der Waals surface area contributed by atoms with Gasteiger partial charge in [-0.15, -0.1) is 0 Å². The lowest BCUT2D eigenvalue weighted by Crippen LogP contribution is -2.27. The minimum absolute atomic E-state index is 0.0448. The molecule has 2 aromatic rings. The molecule has 1 amide bonds. The first-order chi connectivity index (χ1) is 14.0. The minimum Gasteiger partial charge on any atom is -0.493 e. The molecule has 0 bridgehead atoms. The summed E-state index contributed by atoms with van der Waals surface area (Å²) in [5.74, 6) is -0.158. The fraction of sp³-hybridized carbons (Fsp3) is 0.190. The van der Waals surface area contributed by atoms with E-state index in [0.29, 0.717) is 27.3 Å². The van der Waals surface area contributed by atoms with E-state index < -0.39 is 5.97 Å². The minimum atomic E-state index is -0.932. The standard InChI is InChI=1S/C21H19NO5S2/c1-26-17-11-15(7-8-16(17)27-10-9-19(23)24)12-18-20(25)22(21(28)29-18)13-14-5-3-2-4-6-14/h2-8,11-12H,9-10,13H2,1H3,(H,23,24)/b18-12+. The Bertz CT molecular complexity index is 959. The predicted octanol–water partition coefficient (Wildman–Crippen LogP) is 3.95. The zero-order valence-corrected chi connectivity index (χ0v) is 17.3. The van der Waals surface area contributed by atoms with E-state index >= 15 is 0 Å². The van der Waals surface area contributed by atoms with Crippen LogP contribution in [0.2, 0.25) is 0 Å². The van der Waals surface area contributed by atoms with E-state index in [4.69, 9.17) is 26.8 Å². The molecule has 150 valence electrons. The van der Waals surface area contributed by atoms with Gasteiger partial charge in [0.2, 0.25) is 0 Å². The summed E-state index contributed by atoms with van der Waals surface area (Å²) in [7, 11) is 1.50. The van der Waals surface area contributed by atoms with Crippen LogP contribution in [0.4, 0.5) is 0 Å². The summed E-state index contributed by atoms with van der Waals surface area (Å²) in [4.78, 5) is 25.5. The van der Waals surface area contributed by atoms with E-state index in [1.54, 1.807) is 29.2 Å². The van der Waals surface area contributed by atoms with Crippen LogP contribution in [-0.2, 0) is 16.1 Å². The maximum atomic E-state index is 12.8. The Hall–Kier alpha value is -2.84. The Balaban J connectivity index is 1.74. The van der Waals surface area contributed by atoms with Crippen molar-refractivity contribution in [2.45, 2.75) is 13.0 Å². The van der Waals surface area contributed by atoms with Crippen molar-refractivity contribution >= 4 is 46.3 Å². The molecule has 0 aromatic heterocycles. The van der Waals surface area contributed by atoms with Crippen LogP contribution >= 0.6 is 24.0 Å². The van der Waals surface area contributed by atoms with Crippen LogP contribution in [-0.4, -0.2) is 39.9 Å². The van der Waals surface area contributed by atoms with Gasteiger partial charge < -0.3 is 14.6 Å². The van der Waals surface area contributed by atoms with Crippen LogP contribution in [0.3, 0.4) is 0 Å². The van der Waals surface area contributed by atoms with Crippen LogP contribution in [0.1, 0.15) is 17.5 Å². The number of benzene rings is 2. The van der Waals surface area contributed by atoms with E-state index in [-0.39, 0.29) is 18.9 Å². The van der Waals surface area contributed by atoms with Gasteiger partial charge in [-0.25, -0.2) is 0 Å². The number of rotatable bonds is 8. The van der Waals surface area contributed by atoms with Gasteiger partial charge in [0.25, 0.3) is 5.91 Å². The molecule has 0 atom stereocenters. The number of aliphatic carboxylic acids is 1. The molecule has 0 saturated carbocycles. The highest BCUT2D eigenvalue weighted by Crippen LogP contribution is 2.35. The van der Waals surface area contributed by atoms with Crippen LogP contribution in [0.15, 0.2) is 53.4 Å². The molecule has 8 heteroatoms. The number of thiocarbonyl (C=S) groups is 1. The molecule has 0 aliphatic carbocycles. The highest BCUT2D eigenvalue weighted by Gasteiger charge is 2.32. The zero-order valence-electron chi connectivity index (χ0n) is 15.7. The highest BCUT2D eigenvalue weighted by atomic mass is 32.2. The van der Waals surface area contributed by atoms with E-state index in [0.717, 1.165) is 11.1 Å². The SMILES string of the molecule is COc1cc(/C=C2/SC(=S)N(Cc3ccccc3)C2=O)ccc1OCCC(=O)O. The number of carbonyl (C=O) groups is 2. The summed E-state index contributed by atoms with van der Waals surface area (Å²) < 4.78 is 11.3. The number of hydrogen-bond donors (Lipinski definition) is 1. The highest BCUT2D eigenvalue weighted by molar-refractivity contribution is 8.26. The van der Waals surface area contributed by atoms with Crippen LogP contribution in [0, 0.1) is 0 Å². The van der Waals surface area contributed by atoms with Crippen molar-refractivity contribution in [1.29, 1.82) is 0 Å². The number of ether oxygens (including phenoxy) is 2. The summed E-state index contributed by atoms with van der Waals surface area (Å²) in [5.41, 5.74) is 1.77. The third-order valence-corrected chi connectivity index (χ3v) is 5.49. The lowest BCUT2D eigenvalue weighted by Gasteiger charge is -2.14. The summed E-state index contributed by atoms with van der Waals surface area (Å²) in [6.45, 7) is 0.478. The smallest absolute Gasteiger partial charge is 0.306 e. The van der Waals surface area contributed by atoms with Gasteiger partial charge in [-0.1, -0.05) is 60.4 Å². The van der Waals surface area contributed by atoms with Crippen LogP contribution in [0.25, 0.3) is 6.08 Å². The maximum Gasteiger partial charge on any atom is 0.306 e. The number of hydrogen-bond acceptors (Lipinski definition) is 6. The summed E-state index contributed by atoms with van der Waals surface area (Å²) >= 11 is 6.64. The molecule has 1 aliphatic rings. The van der Waals surface area contributed by atoms with Gasteiger partial charge in [0.05, 0.1) is 31.6 Å². The average molecular weight is 430 g/mol. The number of amides is 1. The van der Waals surface area contributed by atoms with Gasteiger partial charge in [0.1, 0.15) is 4.32 Å². The van der Waals surface area contributed by atoms with Crippen molar-refractivity contribution in [2.24, 2.45) is 0 Å². The van der Waals surface area contributed by atoms with Gasteiger partial charge >= 0.3 is 5.97 Å². The average Bonchev–Trinajstić information content (AvgIpc) is 2.96. The third kappa shape index (κ3) is 5.36. The maximum absolute atomic E-state index is 12.8. The Labute approximate surface area is 178 Å². The van der Waals surface area contributed by atoms with Crippen molar-refractivity contribution in [2.75, 3.05) is 13.7 Å². The van der Waals surface area contributed by atoms with Crippen molar-refractivity contribution in [3.63, 3.8) is 0 Å². The molecule has 0 unspecified atom stereocenters. The van der Waals surface area contributed by atoms with Crippen molar-refractivity contribution in [3.8, 4) is 11.5 Å². The zero-order chi connectivity index (χ0) is 20.8. The van der Waals surface area contributed by atoms with Gasteiger partial charge in [-0.2, -0.15) is 0 Å². The molecule has 1 aliphatic heterocycles. The topological polar surface area (TPSA) is 76.1 Å². The Morgan fingerprint density at radius 1 is 1.21 bits per heavy atom. The molecule has 29 heavy (non-hydrogen) atoms. The molecule has 3 rings (SSSR count). The van der Waals surface area contributed by atoms with Crippen molar-refractivity contribution in [1.82, 2.24) is 4.90 Å². The number of carbonyl (C=O) groups excluding carboxylic acids is 1. The Morgan fingerprint density at radius 2 is 1.97 bits per heavy atom. The van der Waals surface area contributed by atoms with Crippen LogP contribution in [0.5, 0.6) is 11.5 Å². The van der Waals surface area contributed by atoms with Gasteiger partial charge in [0, 0.05) is 0 Å². The summed E-state index contributed by atoms with van der Waals surface area (Å²) in [6, 6.07) is 14.9. The second-order valence-corrected chi connectivity index (χ2v) is 7.83. The number of carboxylic acid groups (broad SMARTS) is 1. The molecular formula is C21H19NO5S2. The number of nitrogens with zero attached hydrogens (tertiary/aromatic N) is 1. The predicted molar refractivity (Wildman–Crippen MR) is 116 cm³/mol. The third-order valence-electron chi connectivity index (χ3n) is 4.12. The lowest BCUT2D eigenvalue weighted by molar-refractivity contribution is -0.137. The normalized spacial score (nSPS) is 15.1. The number of carboxylic acids is 1. The number of thioether (sulfide) groups is 1. The monoisotopic (exact) mass is 429 g/mol. The second-order valence-electron chi connectivity index (χ2n) is 6.16. The van der Waals surface area contributed by atoms with E-state index in [2.05, 4.69) is 0 Å². The summed E-state index contributed by atoms with van der Waals surface area (Å²) in [5, 5.41) is 8.71. The molecule has 1 saturated heterocycles. The first-order valence-corrected chi connectivity index (χ1v) is 10.0. The van der Waals surface area contributed by atoms with E-state index in [9.17, 15) is 9.59 Å². The van der Waals surface area contributed by atoms with Crippen molar-refractivity contribution < 1.29 is 24.2 Å². The Kier molecular flexibility index (Phi) is 6.90. The van der Waals surface area contributed by atoms with E-state index in [1.807, 2.05) is 30.3 Å². The largest absolute Gasteiger partial charge is 0.493 e. The molecule has 0 radical (unpaired) electrons. The molecule has 1 fully saturated rings. The molecule has 2 aromatic carbocycles. The van der Waals surface area contributed by atoms with Gasteiger partial charge in [-0.05, 0) is 29.3 Å². The fourth-order valence-corrected chi connectivity index (χ4v) is 3.95. The van der Waals surface area contributed by atoms with Crippen molar-refractivity contribution in [3.05, 3.63) is 64.6 Å². The number of methoxy groups -OCH3 is 1. The molecule has 1 heterocycles. The first-order valence-electron chi connectivity index (χ1n) is 8.80.